The Morgan fingerprint density at radius 3 is 2.16 bits per heavy atom. The number of primary amides is 1. The molecule has 0 saturated carbocycles. The molecule has 0 aliphatic carbocycles. The van der Waals surface area contributed by atoms with Gasteiger partial charge in [-0.15, -0.1) is 0 Å². The molecule has 2 aliphatic heterocycles. The summed E-state index contributed by atoms with van der Waals surface area (Å²) in [4.78, 5) is 50.2. The fourth-order valence-electron chi connectivity index (χ4n) is 3.43. The van der Waals surface area contributed by atoms with Crippen LogP contribution in [0.15, 0.2) is 0 Å². The third kappa shape index (κ3) is 4.01. The first-order chi connectivity index (χ1) is 11.7. The summed E-state index contributed by atoms with van der Waals surface area (Å²) < 4.78 is 0. The van der Waals surface area contributed by atoms with Gasteiger partial charge in [-0.3, -0.25) is 19.3 Å². The van der Waals surface area contributed by atoms with E-state index >= 15 is 0 Å². The molecule has 140 valence electrons. The van der Waals surface area contributed by atoms with Crippen LogP contribution in [0.3, 0.4) is 0 Å². The highest BCUT2D eigenvalue weighted by molar-refractivity contribution is 5.94. The molecule has 0 radical (unpaired) electrons. The maximum atomic E-state index is 12.7. The minimum absolute atomic E-state index is 0.294. The zero-order valence-corrected chi connectivity index (χ0v) is 14.1. The van der Waals surface area contributed by atoms with Crippen LogP contribution >= 0.6 is 0 Å². The molecule has 10 heteroatoms. The van der Waals surface area contributed by atoms with E-state index in [9.17, 15) is 29.4 Å². The van der Waals surface area contributed by atoms with Crippen molar-refractivity contribution in [2.75, 3.05) is 13.1 Å². The van der Waals surface area contributed by atoms with Crippen LogP contribution in [-0.2, 0) is 14.4 Å². The van der Waals surface area contributed by atoms with Gasteiger partial charge in [0.2, 0.25) is 17.7 Å². The lowest BCUT2D eigenvalue weighted by molar-refractivity contribution is -0.142. The molecule has 0 aromatic heterocycles. The Kier molecular flexibility index (Phi) is 5.83. The standard InChI is InChI=1S/C15H24N4O6/c1-8(20)11(12(16)21)17-13(22)9-4-2-6-18(9)14(23)10-5-3-7-19(10)15(24)25/h8-11,20H,2-7H2,1H3,(H2,16,21)(H,17,22)(H,24,25)/t8-,9?,10?,11+/m1/s1. The van der Waals surface area contributed by atoms with E-state index in [1.165, 1.54) is 11.8 Å². The molecule has 2 aliphatic rings. The van der Waals surface area contributed by atoms with Crippen LogP contribution < -0.4 is 11.1 Å². The van der Waals surface area contributed by atoms with Gasteiger partial charge in [-0.1, -0.05) is 0 Å². The Balaban J connectivity index is 2.08. The van der Waals surface area contributed by atoms with E-state index in [0.29, 0.717) is 38.8 Å². The van der Waals surface area contributed by atoms with E-state index in [0.717, 1.165) is 4.90 Å². The van der Waals surface area contributed by atoms with Crippen molar-refractivity contribution in [2.45, 2.75) is 56.8 Å². The van der Waals surface area contributed by atoms with E-state index in [1.54, 1.807) is 0 Å². The molecule has 10 nitrogen and oxygen atoms in total. The van der Waals surface area contributed by atoms with Gasteiger partial charge in [-0.25, -0.2) is 4.79 Å². The van der Waals surface area contributed by atoms with Crippen LogP contribution in [0.5, 0.6) is 0 Å². The molecular formula is C15H24N4O6. The van der Waals surface area contributed by atoms with E-state index in [4.69, 9.17) is 5.73 Å². The monoisotopic (exact) mass is 356 g/mol. The van der Waals surface area contributed by atoms with E-state index < -0.39 is 48.0 Å². The maximum Gasteiger partial charge on any atom is 0.407 e. The van der Waals surface area contributed by atoms with Crippen molar-refractivity contribution in [3.05, 3.63) is 0 Å². The predicted octanol–water partition coefficient (Wildman–Crippen LogP) is -1.53. The topological polar surface area (TPSA) is 153 Å². The fraction of sp³-hybridized carbons (Fsp3) is 0.733. The van der Waals surface area contributed by atoms with Crippen LogP contribution in [0, 0.1) is 0 Å². The summed E-state index contributed by atoms with van der Waals surface area (Å²) in [5, 5.41) is 21.1. The Labute approximate surface area is 144 Å². The van der Waals surface area contributed by atoms with Gasteiger partial charge in [0.1, 0.15) is 18.1 Å². The lowest BCUT2D eigenvalue weighted by Gasteiger charge is -2.30. The number of aliphatic hydroxyl groups is 1. The number of carbonyl (C=O) groups excluding carboxylic acids is 3. The molecule has 2 unspecified atom stereocenters. The smallest absolute Gasteiger partial charge is 0.407 e. The van der Waals surface area contributed by atoms with Crippen LogP contribution in [0.2, 0.25) is 0 Å². The quantitative estimate of drug-likeness (QED) is 0.469. The van der Waals surface area contributed by atoms with Crippen LogP contribution in [0.4, 0.5) is 4.79 Å². The highest BCUT2D eigenvalue weighted by Gasteiger charge is 2.42. The Morgan fingerprint density at radius 2 is 1.64 bits per heavy atom. The third-order valence-corrected chi connectivity index (χ3v) is 4.71. The van der Waals surface area contributed by atoms with Crippen molar-refractivity contribution in [1.29, 1.82) is 0 Å². The van der Waals surface area contributed by atoms with Crippen LogP contribution in [0.25, 0.3) is 0 Å². The number of hydrogen-bond donors (Lipinski definition) is 4. The van der Waals surface area contributed by atoms with Crippen molar-refractivity contribution in [1.82, 2.24) is 15.1 Å². The zero-order valence-electron chi connectivity index (χ0n) is 14.1. The van der Waals surface area contributed by atoms with Crippen molar-refractivity contribution >= 4 is 23.8 Å². The normalized spacial score (nSPS) is 25.5. The van der Waals surface area contributed by atoms with Crippen LogP contribution in [-0.4, -0.2) is 81.1 Å². The average molecular weight is 356 g/mol. The number of nitrogens with zero attached hydrogens (tertiary/aromatic N) is 2. The number of nitrogens with two attached hydrogens (primary N) is 1. The van der Waals surface area contributed by atoms with E-state index in [2.05, 4.69) is 5.32 Å². The summed E-state index contributed by atoms with van der Waals surface area (Å²) in [6.45, 7) is 1.97. The number of nitrogens with one attached hydrogen (secondary N) is 1. The third-order valence-electron chi connectivity index (χ3n) is 4.71. The maximum absolute atomic E-state index is 12.7. The SMILES string of the molecule is C[C@@H](O)[C@H](NC(=O)C1CCCN1C(=O)C1CCCN1C(=O)O)C(N)=O. The first kappa shape index (κ1) is 19.0. The summed E-state index contributed by atoms with van der Waals surface area (Å²) in [7, 11) is 0. The molecule has 2 saturated heterocycles. The highest BCUT2D eigenvalue weighted by Crippen LogP contribution is 2.25. The van der Waals surface area contributed by atoms with Crippen molar-refractivity contribution in [3.8, 4) is 0 Å². The van der Waals surface area contributed by atoms with Crippen LogP contribution in [0.1, 0.15) is 32.6 Å². The lowest BCUT2D eigenvalue weighted by Crippen LogP contribution is -2.57. The molecule has 0 bridgehead atoms. The number of carbonyl (C=O) groups is 4. The highest BCUT2D eigenvalue weighted by atomic mass is 16.4. The second-order valence-electron chi connectivity index (χ2n) is 6.45. The Hall–Kier alpha value is -2.36. The van der Waals surface area contributed by atoms with Gasteiger partial charge >= 0.3 is 6.09 Å². The second-order valence-corrected chi connectivity index (χ2v) is 6.45. The summed E-state index contributed by atoms with van der Waals surface area (Å²) in [5.74, 6) is -1.84. The first-order valence-corrected chi connectivity index (χ1v) is 8.31. The molecule has 2 fully saturated rings. The van der Waals surface area contributed by atoms with Gasteiger partial charge in [0.15, 0.2) is 0 Å². The number of hydrogen-bond acceptors (Lipinski definition) is 5. The number of aliphatic hydroxyl groups excluding tert-OH is 1. The van der Waals surface area contributed by atoms with Crippen molar-refractivity contribution in [3.63, 3.8) is 0 Å². The second kappa shape index (κ2) is 7.68. The molecule has 2 rings (SSSR count). The summed E-state index contributed by atoms with van der Waals surface area (Å²) in [6, 6.07) is -2.83. The minimum atomic E-state index is -1.24. The Morgan fingerprint density at radius 1 is 1.08 bits per heavy atom. The zero-order chi connectivity index (χ0) is 18.7. The average Bonchev–Trinajstić information content (AvgIpc) is 3.19. The predicted molar refractivity (Wildman–Crippen MR) is 85.3 cm³/mol. The number of carboxylic acid groups (broad SMARTS) is 1. The lowest BCUT2D eigenvalue weighted by atomic mass is 10.1. The molecular weight excluding hydrogens is 332 g/mol. The molecule has 0 aromatic rings. The molecule has 4 atom stereocenters. The summed E-state index contributed by atoms with van der Waals surface area (Å²) >= 11 is 0. The summed E-state index contributed by atoms with van der Waals surface area (Å²) in [5.41, 5.74) is 5.16. The largest absolute Gasteiger partial charge is 0.465 e. The number of amides is 4. The van der Waals surface area contributed by atoms with Gasteiger partial charge in [0, 0.05) is 13.1 Å². The fourth-order valence-corrected chi connectivity index (χ4v) is 3.43. The molecule has 0 spiro atoms. The minimum Gasteiger partial charge on any atom is -0.465 e. The van der Waals surface area contributed by atoms with Gasteiger partial charge in [0.25, 0.3) is 0 Å². The molecule has 4 amide bonds. The van der Waals surface area contributed by atoms with Gasteiger partial charge < -0.3 is 26.2 Å². The van der Waals surface area contributed by atoms with Crippen molar-refractivity contribution < 1.29 is 29.4 Å². The number of likely N-dealkylation sites (tertiary alicyclic amines) is 2. The van der Waals surface area contributed by atoms with Gasteiger partial charge in [-0.2, -0.15) is 0 Å². The molecule has 25 heavy (non-hydrogen) atoms. The first-order valence-electron chi connectivity index (χ1n) is 8.31. The number of rotatable bonds is 5. The van der Waals surface area contributed by atoms with Gasteiger partial charge in [-0.05, 0) is 32.6 Å². The van der Waals surface area contributed by atoms with Crippen molar-refractivity contribution in [2.24, 2.45) is 5.73 Å². The molecule has 5 N–H and O–H groups in total. The van der Waals surface area contributed by atoms with Gasteiger partial charge in [0.05, 0.1) is 6.10 Å². The molecule has 0 aromatic carbocycles. The Bertz CT molecular complexity index is 566. The van der Waals surface area contributed by atoms with E-state index in [1.807, 2.05) is 0 Å². The summed E-state index contributed by atoms with van der Waals surface area (Å²) in [6.07, 6.45) is -0.294. The van der Waals surface area contributed by atoms with E-state index in [-0.39, 0.29) is 0 Å². The molecule has 2 heterocycles.